The minimum Gasteiger partial charge on any atom is -0.466 e. The van der Waals surface area contributed by atoms with Gasteiger partial charge in [-0.2, -0.15) is 0 Å². The second-order valence-electron chi connectivity index (χ2n) is 21.7. The molecular weight excluding hydrogens is 875 g/mol. The number of carbonyl (C=O) groups is 2. The smallest absolute Gasteiger partial charge is 0.305 e. The van der Waals surface area contributed by atoms with Gasteiger partial charge in [0.15, 0.2) is 0 Å². The molecule has 0 saturated heterocycles. The molecule has 6 nitrogen and oxygen atoms in total. The van der Waals surface area contributed by atoms with Gasteiger partial charge in [-0.1, -0.05) is 301 Å². The van der Waals surface area contributed by atoms with Gasteiger partial charge in [-0.05, 0) is 64.2 Å². The summed E-state index contributed by atoms with van der Waals surface area (Å²) < 4.78 is 5.50. The average Bonchev–Trinajstić information content (AvgIpc) is 3.37. The molecule has 2 atom stereocenters. The summed E-state index contributed by atoms with van der Waals surface area (Å²) in [5.41, 5.74) is 0. The lowest BCUT2D eigenvalue weighted by Gasteiger charge is -2.20. The molecule has 0 radical (unpaired) electrons. The summed E-state index contributed by atoms with van der Waals surface area (Å²) in [5.74, 6) is -0.0592. The van der Waals surface area contributed by atoms with Crippen molar-refractivity contribution >= 4 is 11.9 Å². The van der Waals surface area contributed by atoms with E-state index < -0.39 is 12.1 Å². The number of allylic oxidation sites excluding steroid dienone is 5. The number of nitrogens with one attached hydrogen (secondary N) is 1. The summed E-state index contributed by atoms with van der Waals surface area (Å²) in [4.78, 5) is 24.5. The van der Waals surface area contributed by atoms with Gasteiger partial charge in [0, 0.05) is 12.8 Å². The van der Waals surface area contributed by atoms with Gasteiger partial charge in [-0.15, -0.1) is 0 Å². The highest BCUT2D eigenvalue weighted by atomic mass is 16.5. The van der Waals surface area contributed by atoms with E-state index in [1.807, 2.05) is 6.08 Å². The minimum absolute atomic E-state index is 0.00764. The monoisotopic (exact) mass is 998 g/mol. The summed E-state index contributed by atoms with van der Waals surface area (Å²) in [7, 11) is 0. The van der Waals surface area contributed by atoms with Crippen molar-refractivity contribution in [3.8, 4) is 0 Å². The lowest BCUT2D eigenvalue weighted by atomic mass is 10.0. The number of unbranched alkanes of at least 4 members (excludes halogenated alkanes) is 44. The van der Waals surface area contributed by atoms with Crippen LogP contribution in [0.25, 0.3) is 0 Å². The molecule has 0 aliphatic carbocycles. The molecule has 0 aromatic carbocycles. The lowest BCUT2D eigenvalue weighted by Crippen LogP contribution is -2.45. The quantitative estimate of drug-likeness (QED) is 0.0321. The molecule has 418 valence electrons. The lowest BCUT2D eigenvalue weighted by molar-refractivity contribution is -0.143. The number of esters is 1. The fourth-order valence-corrected chi connectivity index (χ4v) is 9.78. The van der Waals surface area contributed by atoms with Gasteiger partial charge in [0.2, 0.25) is 5.91 Å². The predicted molar refractivity (Wildman–Crippen MR) is 310 cm³/mol. The summed E-state index contributed by atoms with van der Waals surface area (Å²) in [6.45, 7) is 4.89. The Labute approximate surface area is 443 Å². The van der Waals surface area contributed by atoms with Crippen molar-refractivity contribution in [1.82, 2.24) is 5.32 Å². The first-order valence-corrected chi connectivity index (χ1v) is 31.8. The Hall–Kier alpha value is -1.92. The highest BCUT2D eigenvalue weighted by molar-refractivity contribution is 5.76. The van der Waals surface area contributed by atoms with Gasteiger partial charge in [-0.25, -0.2) is 0 Å². The Kier molecular flexibility index (Phi) is 59.0. The fraction of sp³-hybridized carbons (Fsp3) is 0.877. The molecule has 0 spiro atoms. The Morgan fingerprint density at radius 1 is 0.394 bits per heavy atom. The molecule has 0 aromatic heterocycles. The molecule has 71 heavy (non-hydrogen) atoms. The molecule has 3 N–H and O–H groups in total. The molecule has 2 unspecified atom stereocenters. The van der Waals surface area contributed by atoms with Gasteiger partial charge in [-0.3, -0.25) is 9.59 Å². The number of aliphatic hydroxyl groups excluding tert-OH is 2. The van der Waals surface area contributed by atoms with Crippen molar-refractivity contribution in [3.05, 3.63) is 36.5 Å². The van der Waals surface area contributed by atoms with Crippen LogP contribution in [0.2, 0.25) is 0 Å². The van der Waals surface area contributed by atoms with Gasteiger partial charge in [0.1, 0.15) is 0 Å². The maximum Gasteiger partial charge on any atom is 0.305 e. The van der Waals surface area contributed by atoms with Crippen LogP contribution in [0.15, 0.2) is 36.5 Å². The molecule has 0 aliphatic heterocycles. The molecule has 0 bridgehead atoms. The Morgan fingerprint density at radius 3 is 1.08 bits per heavy atom. The maximum atomic E-state index is 12.4. The molecule has 0 rings (SSSR count). The van der Waals surface area contributed by atoms with Crippen molar-refractivity contribution in [2.24, 2.45) is 0 Å². The highest BCUT2D eigenvalue weighted by Gasteiger charge is 2.18. The van der Waals surface area contributed by atoms with Crippen molar-refractivity contribution in [2.45, 2.75) is 353 Å². The van der Waals surface area contributed by atoms with Gasteiger partial charge >= 0.3 is 5.97 Å². The zero-order valence-electron chi connectivity index (χ0n) is 47.7. The van der Waals surface area contributed by atoms with Crippen molar-refractivity contribution in [1.29, 1.82) is 0 Å². The van der Waals surface area contributed by atoms with E-state index in [1.54, 1.807) is 6.08 Å². The van der Waals surface area contributed by atoms with E-state index >= 15 is 0 Å². The van der Waals surface area contributed by atoms with Crippen LogP contribution < -0.4 is 5.32 Å². The first-order valence-electron chi connectivity index (χ1n) is 31.8. The molecule has 1 amide bonds. The third kappa shape index (κ3) is 57.2. The first kappa shape index (κ1) is 69.1. The van der Waals surface area contributed by atoms with Crippen molar-refractivity contribution in [2.75, 3.05) is 13.2 Å². The molecular formula is C65H123NO5. The number of aliphatic hydroxyl groups is 2. The first-order chi connectivity index (χ1) is 35.0. The van der Waals surface area contributed by atoms with E-state index in [4.69, 9.17) is 4.74 Å². The third-order valence-electron chi connectivity index (χ3n) is 14.7. The van der Waals surface area contributed by atoms with E-state index in [-0.39, 0.29) is 18.5 Å². The normalized spacial score (nSPS) is 12.8. The summed E-state index contributed by atoms with van der Waals surface area (Å²) in [5, 5.41) is 23.1. The zero-order valence-corrected chi connectivity index (χ0v) is 47.7. The van der Waals surface area contributed by atoms with Crippen LogP contribution in [0.5, 0.6) is 0 Å². The number of carbonyl (C=O) groups excluding carboxylic acids is 2. The van der Waals surface area contributed by atoms with E-state index in [0.717, 1.165) is 51.4 Å². The van der Waals surface area contributed by atoms with Crippen LogP contribution >= 0.6 is 0 Å². The number of hydrogen-bond acceptors (Lipinski definition) is 5. The summed E-state index contributed by atoms with van der Waals surface area (Å²) >= 11 is 0. The average molecular weight is 999 g/mol. The highest BCUT2D eigenvalue weighted by Crippen LogP contribution is 2.18. The topological polar surface area (TPSA) is 95.9 Å². The Morgan fingerprint density at radius 2 is 0.704 bits per heavy atom. The van der Waals surface area contributed by atoms with Gasteiger partial charge in [0.25, 0.3) is 0 Å². The Balaban J connectivity index is 3.36. The zero-order chi connectivity index (χ0) is 51.4. The standard InChI is InChI=1S/C65H123NO5/c1-3-5-7-9-11-13-15-17-18-19-29-32-35-39-43-47-51-55-59-65(70)71-60-56-52-48-44-40-36-33-30-27-25-23-21-20-22-24-26-28-31-34-38-42-46-50-54-58-64(69)66-62(61-67)63(68)57-53-49-45-41-37-16-14-12-10-8-6-4-2/h13,15,18-19,53,57,62-63,67-68H,3-12,14,16-17,20-52,54-56,58-61H2,1-2H3,(H,66,69)/b15-13-,19-18-,57-53+. The van der Waals surface area contributed by atoms with E-state index in [2.05, 4.69) is 43.5 Å². The molecule has 0 aromatic rings. The molecule has 6 heteroatoms. The van der Waals surface area contributed by atoms with Crippen LogP contribution in [0, 0.1) is 0 Å². The number of rotatable bonds is 59. The van der Waals surface area contributed by atoms with Crippen LogP contribution in [-0.4, -0.2) is 47.4 Å². The van der Waals surface area contributed by atoms with Gasteiger partial charge in [0.05, 0.1) is 25.4 Å². The van der Waals surface area contributed by atoms with Crippen LogP contribution in [0.4, 0.5) is 0 Å². The molecule has 0 heterocycles. The van der Waals surface area contributed by atoms with Crippen molar-refractivity contribution < 1.29 is 24.5 Å². The number of hydrogen-bond donors (Lipinski definition) is 3. The Bertz CT molecular complexity index is 1150. The molecule has 0 saturated carbocycles. The van der Waals surface area contributed by atoms with Crippen LogP contribution in [0.3, 0.4) is 0 Å². The maximum absolute atomic E-state index is 12.4. The van der Waals surface area contributed by atoms with E-state index in [1.165, 1.54) is 263 Å². The third-order valence-corrected chi connectivity index (χ3v) is 14.7. The minimum atomic E-state index is -0.843. The van der Waals surface area contributed by atoms with Gasteiger partial charge < -0.3 is 20.3 Å². The molecule has 0 fully saturated rings. The van der Waals surface area contributed by atoms with Crippen LogP contribution in [-0.2, 0) is 14.3 Å². The SMILES string of the molecule is CCCCCC/C=C\C/C=C\CCCCCCCCCC(=O)OCCCCCCCCCCCCCCCCCCCCCCCCCCC(=O)NC(CO)C(O)/C=C/CCCCCCCCCCCC. The van der Waals surface area contributed by atoms with E-state index in [0.29, 0.717) is 19.4 Å². The van der Waals surface area contributed by atoms with E-state index in [9.17, 15) is 19.8 Å². The van der Waals surface area contributed by atoms with Crippen molar-refractivity contribution in [3.63, 3.8) is 0 Å². The molecule has 0 aliphatic rings. The largest absolute Gasteiger partial charge is 0.466 e. The second-order valence-corrected chi connectivity index (χ2v) is 21.7. The second kappa shape index (κ2) is 60.6. The predicted octanol–water partition coefficient (Wildman–Crippen LogP) is 20.0. The van der Waals surface area contributed by atoms with Crippen LogP contribution in [0.1, 0.15) is 341 Å². The number of amides is 1. The summed E-state index contributed by atoms with van der Waals surface area (Å²) in [6.07, 6.45) is 76.2. The fourth-order valence-electron chi connectivity index (χ4n) is 9.78. The summed E-state index contributed by atoms with van der Waals surface area (Å²) in [6, 6.07) is -0.626. The number of ether oxygens (including phenoxy) is 1.